The zero-order valence-electron chi connectivity index (χ0n) is 6.65. The zero-order valence-corrected chi connectivity index (χ0v) is 7.41. The second-order valence-corrected chi connectivity index (χ2v) is 2.61. The highest BCUT2D eigenvalue weighted by Crippen LogP contribution is 2.11. The first-order valence-electron chi connectivity index (χ1n) is 3.32. The average Bonchev–Trinajstić information content (AvgIpc) is 2.04. The van der Waals surface area contributed by atoms with Crippen LogP contribution in [-0.4, -0.2) is 11.0 Å². The highest BCUT2D eigenvalue weighted by Gasteiger charge is 2.12. The van der Waals surface area contributed by atoms with E-state index in [1.54, 1.807) is 6.92 Å². The number of hydrogen-bond donors (Lipinski definition) is 0. The molecule has 1 heterocycles. The van der Waals surface area contributed by atoms with Crippen molar-refractivity contribution < 1.29 is 9.63 Å². The fraction of sp³-hybridized carbons (Fsp3) is 0.143. The molecule has 13 heavy (non-hydrogen) atoms. The van der Waals surface area contributed by atoms with Crippen molar-refractivity contribution in [1.82, 2.24) is 4.98 Å². The van der Waals surface area contributed by atoms with Gasteiger partial charge in [0.1, 0.15) is 5.15 Å². The smallest absolute Gasteiger partial charge is 0.279 e. The predicted molar refractivity (Wildman–Crippen MR) is 45.2 cm³/mol. The Bertz CT molecular complexity index is 354. The summed E-state index contributed by atoms with van der Waals surface area (Å²) in [6.45, 7) is 1.58. The molecule has 68 valence electrons. The third-order valence-corrected chi connectivity index (χ3v) is 1.60. The van der Waals surface area contributed by atoms with Crippen LogP contribution >= 0.6 is 11.6 Å². The molecular weight excluding hydrogens is 196 g/mol. The summed E-state index contributed by atoms with van der Waals surface area (Å²) < 4.78 is 0. The Kier molecular flexibility index (Phi) is 2.92. The van der Waals surface area contributed by atoms with Crippen molar-refractivity contribution in [2.24, 2.45) is 5.34 Å². The van der Waals surface area contributed by atoms with Gasteiger partial charge >= 0.3 is 5.97 Å². The van der Waals surface area contributed by atoms with Gasteiger partial charge in [0.05, 0.1) is 11.3 Å². The van der Waals surface area contributed by atoms with Gasteiger partial charge in [0.2, 0.25) is 0 Å². The number of rotatable bonds is 2. The van der Waals surface area contributed by atoms with Crippen molar-refractivity contribution in [3.63, 3.8) is 0 Å². The van der Waals surface area contributed by atoms with E-state index in [0.717, 1.165) is 0 Å². The van der Waals surface area contributed by atoms with Gasteiger partial charge < -0.3 is 0 Å². The van der Waals surface area contributed by atoms with E-state index in [-0.39, 0.29) is 10.7 Å². The molecule has 0 aliphatic heterocycles. The largest absolute Gasteiger partial charge is 0.371 e. The van der Waals surface area contributed by atoms with E-state index in [1.165, 1.54) is 12.1 Å². The predicted octanol–water partition coefficient (Wildman–Crippen LogP) is 1.88. The molecule has 0 bridgehead atoms. The molecule has 0 fully saturated rings. The fourth-order valence-corrected chi connectivity index (χ4v) is 1.02. The number of pyridine rings is 1. The van der Waals surface area contributed by atoms with Crippen LogP contribution in [0.25, 0.3) is 0 Å². The number of carbonyl (C=O) groups excluding carboxylic acids is 1. The Balaban J connectivity index is 3.01. The van der Waals surface area contributed by atoms with Crippen molar-refractivity contribution in [3.05, 3.63) is 33.5 Å². The summed E-state index contributed by atoms with van der Waals surface area (Å²) in [4.78, 5) is 28.3. The normalized spacial score (nSPS) is 9.38. The Labute approximate surface area is 78.6 Å². The minimum atomic E-state index is -0.836. The second-order valence-electron chi connectivity index (χ2n) is 2.22. The lowest BCUT2D eigenvalue weighted by Gasteiger charge is -1.99. The van der Waals surface area contributed by atoms with Crippen molar-refractivity contribution in [1.29, 1.82) is 0 Å². The zero-order chi connectivity index (χ0) is 9.84. The van der Waals surface area contributed by atoms with Crippen LogP contribution in [0.2, 0.25) is 5.15 Å². The Hall–Kier alpha value is -1.49. The van der Waals surface area contributed by atoms with E-state index in [1.807, 2.05) is 5.34 Å². The number of aromatic nitrogens is 1. The number of carbonyl (C=O) groups is 1. The fourth-order valence-electron chi connectivity index (χ4n) is 0.829. The van der Waals surface area contributed by atoms with E-state index in [0.29, 0.717) is 5.69 Å². The van der Waals surface area contributed by atoms with Gasteiger partial charge in [0.15, 0.2) is 5.34 Å². The van der Waals surface area contributed by atoms with E-state index in [9.17, 15) is 9.70 Å². The molecule has 0 radical (unpaired) electrons. The minimum absolute atomic E-state index is 0.170. The van der Waals surface area contributed by atoms with Gasteiger partial charge in [-0.15, -0.1) is 4.91 Å². The summed E-state index contributed by atoms with van der Waals surface area (Å²) in [5.41, 5.74) is 0.560. The summed E-state index contributed by atoms with van der Waals surface area (Å²) in [6, 6.07) is 2.84. The molecule has 0 aromatic carbocycles. The van der Waals surface area contributed by atoms with Crippen molar-refractivity contribution in [2.75, 3.05) is 0 Å². The van der Waals surface area contributed by atoms with Gasteiger partial charge in [-0.05, 0) is 19.1 Å². The maximum absolute atomic E-state index is 11.0. The quantitative estimate of drug-likeness (QED) is 0.415. The monoisotopic (exact) mass is 200 g/mol. The maximum Gasteiger partial charge on any atom is 0.371 e. The minimum Gasteiger partial charge on any atom is -0.279 e. The van der Waals surface area contributed by atoms with Crippen molar-refractivity contribution >= 4 is 17.6 Å². The van der Waals surface area contributed by atoms with Gasteiger partial charge in [-0.25, -0.2) is 9.78 Å². The van der Waals surface area contributed by atoms with Crippen molar-refractivity contribution in [2.45, 2.75) is 6.92 Å². The van der Waals surface area contributed by atoms with Crippen molar-refractivity contribution in [3.8, 4) is 0 Å². The van der Waals surface area contributed by atoms with Crippen LogP contribution in [0.3, 0.4) is 0 Å². The van der Waals surface area contributed by atoms with E-state index in [4.69, 9.17) is 11.6 Å². The summed E-state index contributed by atoms with van der Waals surface area (Å²) in [6.07, 6.45) is 0. The van der Waals surface area contributed by atoms with Crippen LogP contribution in [0, 0.1) is 11.8 Å². The molecule has 6 heteroatoms. The molecule has 0 spiro atoms. The highest BCUT2D eigenvalue weighted by molar-refractivity contribution is 6.29. The van der Waals surface area contributed by atoms with Gasteiger partial charge in [-0.3, -0.25) is 4.84 Å². The third kappa shape index (κ3) is 2.22. The van der Waals surface area contributed by atoms with Crippen LogP contribution in [0.4, 0.5) is 0 Å². The van der Waals surface area contributed by atoms with Crippen LogP contribution in [-0.2, 0) is 4.84 Å². The van der Waals surface area contributed by atoms with Gasteiger partial charge in [0, 0.05) is 0 Å². The van der Waals surface area contributed by atoms with E-state index in [2.05, 4.69) is 9.82 Å². The molecule has 1 aromatic heterocycles. The van der Waals surface area contributed by atoms with Gasteiger partial charge in [-0.1, -0.05) is 11.6 Å². The molecule has 0 saturated heterocycles. The summed E-state index contributed by atoms with van der Waals surface area (Å²) in [5.74, 6) is -0.836. The summed E-state index contributed by atoms with van der Waals surface area (Å²) in [7, 11) is 0. The average molecular weight is 201 g/mol. The molecule has 0 saturated carbocycles. The molecule has 0 unspecified atom stereocenters. The summed E-state index contributed by atoms with van der Waals surface area (Å²) in [5, 5.41) is 2.29. The SMILES string of the molecule is Cc1nc(Cl)ccc1C(=O)ON=O. The molecular formula is C7H5ClN2O3. The number of halogens is 1. The molecule has 0 aliphatic rings. The first kappa shape index (κ1) is 9.60. The maximum atomic E-state index is 11.0. The third-order valence-electron chi connectivity index (χ3n) is 1.39. The lowest BCUT2D eigenvalue weighted by molar-refractivity contribution is 0.0507. The number of hydrogen-bond acceptors (Lipinski definition) is 5. The second kappa shape index (κ2) is 3.95. The van der Waals surface area contributed by atoms with Crippen LogP contribution < -0.4 is 0 Å². The van der Waals surface area contributed by atoms with Gasteiger partial charge in [-0.2, -0.15) is 0 Å². The Morgan fingerprint density at radius 2 is 2.31 bits per heavy atom. The van der Waals surface area contributed by atoms with E-state index < -0.39 is 5.97 Å². The summed E-state index contributed by atoms with van der Waals surface area (Å²) >= 11 is 5.55. The van der Waals surface area contributed by atoms with Gasteiger partial charge in [0.25, 0.3) is 0 Å². The van der Waals surface area contributed by atoms with Crippen LogP contribution in [0.5, 0.6) is 0 Å². The topological polar surface area (TPSA) is 68.6 Å². The standard InChI is InChI=1S/C7H5ClN2O3/c1-4-5(7(11)13-10-12)2-3-6(8)9-4/h2-3H,1H3. The highest BCUT2D eigenvalue weighted by atomic mass is 35.5. The lowest BCUT2D eigenvalue weighted by Crippen LogP contribution is -2.04. The Morgan fingerprint density at radius 1 is 1.62 bits per heavy atom. The van der Waals surface area contributed by atoms with Crippen LogP contribution in [0.15, 0.2) is 17.5 Å². The number of aryl methyl sites for hydroxylation is 1. The Morgan fingerprint density at radius 3 is 2.85 bits per heavy atom. The first-order chi connectivity index (χ1) is 6.15. The molecule has 5 nitrogen and oxygen atoms in total. The van der Waals surface area contributed by atoms with Crippen LogP contribution in [0.1, 0.15) is 16.1 Å². The molecule has 1 rings (SSSR count). The first-order valence-corrected chi connectivity index (χ1v) is 3.70. The lowest BCUT2D eigenvalue weighted by atomic mass is 10.2. The molecule has 0 aliphatic carbocycles. The number of nitrogens with zero attached hydrogens (tertiary/aromatic N) is 2. The van der Waals surface area contributed by atoms with E-state index >= 15 is 0 Å². The molecule has 0 amide bonds. The molecule has 1 aromatic rings. The molecule has 0 N–H and O–H groups in total. The molecule has 0 atom stereocenters.